The van der Waals surface area contributed by atoms with Gasteiger partial charge in [0, 0.05) is 5.92 Å². The Bertz CT molecular complexity index is 467. The molecule has 0 aromatic carbocycles. The molecule has 5 nitrogen and oxygen atoms in total. The summed E-state index contributed by atoms with van der Waals surface area (Å²) in [4.78, 5) is 9.08. The van der Waals surface area contributed by atoms with Gasteiger partial charge in [0.2, 0.25) is 5.88 Å². The van der Waals surface area contributed by atoms with Crippen molar-refractivity contribution in [2.45, 2.75) is 57.8 Å². The van der Waals surface area contributed by atoms with Crippen LogP contribution in [0.15, 0.2) is 0 Å². The highest BCUT2D eigenvalue weighted by atomic mass is 16.5. The van der Waals surface area contributed by atoms with Crippen LogP contribution in [0.4, 0.5) is 5.82 Å². The predicted molar refractivity (Wildman–Crippen MR) is 78.6 cm³/mol. The van der Waals surface area contributed by atoms with Crippen LogP contribution < -0.4 is 16.0 Å². The number of hydrogen-bond donors (Lipinski definition) is 2. The SMILES string of the molecule is Cc1c(NN)nc(C2CC2)nc1OCC1CCCCC1. The highest BCUT2D eigenvalue weighted by Gasteiger charge is 2.28. The van der Waals surface area contributed by atoms with Crippen molar-refractivity contribution < 1.29 is 4.74 Å². The Morgan fingerprint density at radius 2 is 1.90 bits per heavy atom. The lowest BCUT2D eigenvalue weighted by Crippen LogP contribution is -2.18. The molecule has 3 rings (SSSR count). The second kappa shape index (κ2) is 5.95. The van der Waals surface area contributed by atoms with Crippen LogP contribution in [0.2, 0.25) is 0 Å². The molecular formula is C15H24N4O. The summed E-state index contributed by atoms with van der Waals surface area (Å²) < 4.78 is 5.99. The minimum Gasteiger partial charge on any atom is -0.477 e. The van der Waals surface area contributed by atoms with Crippen molar-refractivity contribution in [3.8, 4) is 5.88 Å². The van der Waals surface area contributed by atoms with Crippen molar-refractivity contribution in [3.05, 3.63) is 11.4 Å². The third-order valence-electron chi connectivity index (χ3n) is 4.38. The van der Waals surface area contributed by atoms with Gasteiger partial charge >= 0.3 is 0 Å². The van der Waals surface area contributed by atoms with Crippen LogP contribution in [0, 0.1) is 12.8 Å². The van der Waals surface area contributed by atoms with Gasteiger partial charge in [-0.3, -0.25) is 0 Å². The molecule has 0 bridgehead atoms. The second-order valence-corrected chi connectivity index (χ2v) is 6.09. The Balaban J connectivity index is 1.71. The van der Waals surface area contributed by atoms with E-state index in [4.69, 9.17) is 10.6 Å². The fraction of sp³-hybridized carbons (Fsp3) is 0.733. The van der Waals surface area contributed by atoms with E-state index >= 15 is 0 Å². The molecule has 3 N–H and O–H groups in total. The first-order chi connectivity index (χ1) is 9.78. The van der Waals surface area contributed by atoms with E-state index in [2.05, 4.69) is 15.4 Å². The molecule has 2 aliphatic rings. The molecule has 0 saturated heterocycles. The van der Waals surface area contributed by atoms with Crippen molar-refractivity contribution in [1.82, 2.24) is 9.97 Å². The molecule has 0 radical (unpaired) electrons. The molecule has 0 unspecified atom stereocenters. The lowest BCUT2D eigenvalue weighted by molar-refractivity contribution is 0.201. The number of nitrogens with zero attached hydrogens (tertiary/aromatic N) is 2. The highest BCUT2D eigenvalue weighted by molar-refractivity contribution is 5.48. The van der Waals surface area contributed by atoms with Crippen LogP contribution >= 0.6 is 0 Å². The normalized spacial score (nSPS) is 19.9. The zero-order valence-corrected chi connectivity index (χ0v) is 12.2. The van der Waals surface area contributed by atoms with E-state index in [1.165, 1.54) is 44.9 Å². The number of nitrogens with one attached hydrogen (secondary N) is 1. The summed E-state index contributed by atoms with van der Waals surface area (Å²) >= 11 is 0. The number of ether oxygens (including phenoxy) is 1. The van der Waals surface area contributed by atoms with Crippen molar-refractivity contribution in [2.75, 3.05) is 12.0 Å². The summed E-state index contributed by atoms with van der Waals surface area (Å²) in [6, 6.07) is 0. The van der Waals surface area contributed by atoms with E-state index in [1.807, 2.05) is 6.92 Å². The molecule has 0 amide bonds. The maximum Gasteiger partial charge on any atom is 0.221 e. The van der Waals surface area contributed by atoms with Crippen molar-refractivity contribution >= 4 is 5.82 Å². The molecule has 0 atom stereocenters. The number of hydrazine groups is 1. The molecule has 20 heavy (non-hydrogen) atoms. The molecule has 1 aromatic rings. The average molecular weight is 276 g/mol. The van der Waals surface area contributed by atoms with Crippen LogP contribution in [0.25, 0.3) is 0 Å². The average Bonchev–Trinajstić information content (AvgIpc) is 3.32. The van der Waals surface area contributed by atoms with Crippen LogP contribution in [-0.2, 0) is 0 Å². The zero-order valence-electron chi connectivity index (χ0n) is 12.2. The fourth-order valence-corrected chi connectivity index (χ4v) is 2.87. The standard InChI is InChI=1S/C15H24N4O/c1-10-13(19-16)17-14(12-7-8-12)18-15(10)20-9-11-5-3-2-4-6-11/h11-12H,2-9,16H2,1H3,(H,17,18,19). The molecule has 0 aliphatic heterocycles. The molecule has 2 fully saturated rings. The Morgan fingerprint density at radius 1 is 1.15 bits per heavy atom. The number of hydrogen-bond acceptors (Lipinski definition) is 5. The Morgan fingerprint density at radius 3 is 2.55 bits per heavy atom. The zero-order chi connectivity index (χ0) is 13.9. The molecule has 1 aromatic heterocycles. The molecule has 5 heteroatoms. The van der Waals surface area contributed by atoms with E-state index < -0.39 is 0 Å². The van der Waals surface area contributed by atoms with Crippen LogP contribution in [0.5, 0.6) is 5.88 Å². The number of aromatic nitrogens is 2. The first kappa shape index (κ1) is 13.6. The van der Waals surface area contributed by atoms with E-state index in [0.29, 0.717) is 23.5 Å². The summed E-state index contributed by atoms with van der Waals surface area (Å²) in [6.07, 6.45) is 8.95. The quantitative estimate of drug-likeness (QED) is 0.639. The number of rotatable bonds is 5. The van der Waals surface area contributed by atoms with Gasteiger partial charge in [-0.25, -0.2) is 10.8 Å². The first-order valence-corrected chi connectivity index (χ1v) is 7.76. The molecule has 0 spiro atoms. The van der Waals surface area contributed by atoms with Crippen LogP contribution in [-0.4, -0.2) is 16.6 Å². The Kier molecular flexibility index (Phi) is 4.05. The van der Waals surface area contributed by atoms with Gasteiger partial charge in [-0.05, 0) is 38.5 Å². The molecule has 2 aliphatic carbocycles. The highest BCUT2D eigenvalue weighted by Crippen LogP contribution is 2.40. The van der Waals surface area contributed by atoms with E-state index in [0.717, 1.165) is 18.0 Å². The Labute approximate surface area is 120 Å². The second-order valence-electron chi connectivity index (χ2n) is 6.09. The summed E-state index contributed by atoms with van der Waals surface area (Å²) in [6.45, 7) is 2.73. The van der Waals surface area contributed by atoms with Gasteiger partial charge < -0.3 is 10.2 Å². The topological polar surface area (TPSA) is 73.1 Å². The van der Waals surface area contributed by atoms with E-state index in [1.54, 1.807) is 0 Å². The smallest absolute Gasteiger partial charge is 0.221 e. The molecular weight excluding hydrogens is 252 g/mol. The van der Waals surface area contributed by atoms with Gasteiger partial charge in [-0.2, -0.15) is 4.98 Å². The number of anilines is 1. The summed E-state index contributed by atoms with van der Waals surface area (Å²) in [5.41, 5.74) is 3.58. The van der Waals surface area contributed by atoms with E-state index in [9.17, 15) is 0 Å². The first-order valence-electron chi connectivity index (χ1n) is 7.76. The summed E-state index contributed by atoms with van der Waals surface area (Å²) in [7, 11) is 0. The van der Waals surface area contributed by atoms with Gasteiger partial charge in [-0.1, -0.05) is 19.3 Å². The summed E-state index contributed by atoms with van der Waals surface area (Å²) in [5, 5.41) is 0. The van der Waals surface area contributed by atoms with Crippen molar-refractivity contribution in [2.24, 2.45) is 11.8 Å². The lowest BCUT2D eigenvalue weighted by atomic mass is 9.90. The van der Waals surface area contributed by atoms with Crippen LogP contribution in [0.3, 0.4) is 0 Å². The van der Waals surface area contributed by atoms with Gasteiger partial charge in [0.1, 0.15) is 11.6 Å². The minimum absolute atomic E-state index is 0.500. The molecule has 2 saturated carbocycles. The minimum atomic E-state index is 0.500. The maximum absolute atomic E-state index is 5.99. The fourth-order valence-electron chi connectivity index (χ4n) is 2.87. The van der Waals surface area contributed by atoms with Gasteiger partial charge in [0.25, 0.3) is 0 Å². The number of nitrogens with two attached hydrogens (primary N) is 1. The monoisotopic (exact) mass is 276 g/mol. The van der Waals surface area contributed by atoms with E-state index in [-0.39, 0.29) is 0 Å². The predicted octanol–water partition coefficient (Wildman–Crippen LogP) is 2.91. The van der Waals surface area contributed by atoms with Crippen molar-refractivity contribution in [1.29, 1.82) is 0 Å². The van der Waals surface area contributed by atoms with Gasteiger partial charge in [0.05, 0.1) is 12.2 Å². The maximum atomic E-state index is 5.99. The lowest BCUT2D eigenvalue weighted by Gasteiger charge is -2.22. The molecule has 110 valence electrons. The van der Waals surface area contributed by atoms with Gasteiger partial charge in [0.15, 0.2) is 0 Å². The number of nitrogen functional groups attached to an aromatic ring is 1. The largest absolute Gasteiger partial charge is 0.477 e. The van der Waals surface area contributed by atoms with Gasteiger partial charge in [-0.15, -0.1) is 0 Å². The summed E-state index contributed by atoms with van der Waals surface area (Å²) in [5.74, 6) is 9.01. The third kappa shape index (κ3) is 3.03. The third-order valence-corrected chi connectivity index (χ3v) is 4.38. The van der Waals surface area contributed by atoms with Crippen molar-refractivity contribution in [3.63, 3.8) is 0 Å². The van der Waals surface area contributed by atoms with Crippen LogP contribution in [0.1, 0.15) is 62.3 Å². The molecule has 1 heterocycles. The Hall–Kier alpha value is -1.36.